The first-order valence-corrected chi connectivity index (χ1v) is 5.58. The van der Waals surface area contributed by atoms with Crippen molar-refractivity contribution in [2.75, 3.05) is 0 Å². The Bertz CT molecular complexity index is 498. The zero-order valence-electron chi connectivity index (χ0n) is 9.03. The lowest BCUT2D eigenvalue weighted by molar-refractivity contribution is 0.268. The summed E-state index contributed by atoms with van der Waals surface area (Å²) in [4.78, 5) is 3.17. The van der Waals surface area contributed by atoms with Gasteiger partial charge in [0.2, 0.25) is 0 Å². The molecule has 16 heavy (non-hydrogen) atoms. The van der Waals surface area contributed by atoms with E-state index < -0.39 is 0 Å². The number of aryl methyl sites for hydroxylation is 1. The topological polar surface area (TPSA) is 38.2 Å². The molecule has 1 N–H and O–H groups in total. The van der Waals surface area contributed by atoms with Gasteiger partial charge in [-0.15, -0.1) is 0 Å². The van der Waals surface area contributed by atoms with Crippen LogP contribution in [0.4, 0.5) is 0 Å². The molecule has 0 aliphatic carbocycles. The smallest absolute Gasteiger partial charge is 0.266 e. The summed E-state index contributed by atoms with van der Waals surface area (Å²) in [7, 11) is 0. The van der Waals surface area contributed by atoms with Gasteiger partial charge in [-0.25, -0.2) is 0 Å². The van der Waals surface area contributed by atoms with Gasteiger partial charge in [-0.05, 0) is 36.3 Å². The largest absolute Gasteiger partial charge is 0.486 e. The minimum atomic E-state index is 0.375. The number of aromatic nitrogens is 1. The molecule has 84 valence electrons. The second kappa shape index (κ2) is 4.99. The van der Waals surface area contributed by atoms with E-state index in [1.54, 1.807) is 6.20 Å². The molecule has 0 saturated heterocycles. The van der Waals surface area contributed by atoms with Crippen molar-refractivity contribution in [2.24, 2.45) is 0 Å². The van der Waals surface area contributed by atoms with E-state index in [1.165, 1.54) is 5.56 Å². The van der Waals surface area contributed by atoms with E-state index in [-0.39, 0.29) is 0 Å². The average molecular weight is 235 g/mol. The summed E-state index contributed by atoms with van der Waals surface area (Å²) >= 11 is 4.82. The summed E-state index contributed by atoms with van der Waals surface area (Å²) in [6.45, 7) is 2.51. The third kappa shape index (κ3) is 2.73. The Morgan fingerprint density at radius 1 is 1.31 bits per heavy atom. The maximum absolute atomic E-state index is 5.54. The first kappa shape index (κ1) is 11.0. The van der Waals surface area contributed by atoms with Crippen molar-refractivity contribution < 1.29 is 9.15 Å². The van der Waals surface area contributed by atoms with Crippen molar-refractivity contribution in [3.63, 3.8) is 0 Å². The number of rotatable bonds is 4. The third-order valence-corrected chi connectivity index (χ3v) is 2.49. The minimum absolute atomic E-state index is 0.375. The number of ether oxygens (including phenoxy) is 1. The third-order valence-electron chi connectivity index (χ3n) is 2.29. The summed E-state index contributed by atoms with van der Waals surface area (Å²) in [5.41, 5.74) is 1.30. The lowest BCUT2D eigenvalue weighted by Crippen LogP contribution is -1.93. The second-order valence-electron chi connectivity index (χ2n) is 3.43. The highest BCUT2D eigenvalue weighted by Crippen LogP contribution is 2.14. The number of nitrogens with one attached hydrogen (secondary N) is 1. The van der Waals surface area contributed by atoms with Crippen LogP contribution in [-0.4, -0.2) is 4.98 Å². The highest BCUT2D eigenvalue weighted by molar-refractivity contribution is 7.71. The lowest BCUT2D eigenvalue weighted by Gasteiger charge is -2.04. The summed E-state index contributed by atoms with van der Waals surface area (Å²) < 4.78 is 10.7. The van der Waals surface area contributed by atoms with Gasteiger partial charge >= 0.3 is 0 Å². The number of H-pyrrole nitrogens is 1. The molecule has 0 spiro atoms. The van der Waals surface area contributed by atoms with E-state index in [1.807, 2.05) is 12.1 Å². The predicted molar refractivity (Wildman–Crippen MR) is 64.0 cm³/mol. The molecule has 0 aliphatic heterocycles. The van der Waals surface area contributed by atoms with Gasteiger partial charge in [-0.3, -0.25) is 0 Å². The summed E-state index contributed by atoms with van der Waals surface area (Å²) in [6, 6.07) is 8.03. The molecular formula is C12H13NO2S. The van der Waals surface area contributed by atoms with Crippen LogP contribution < -0.4 is 4.74 Å². The van der Waals surface area contributed by atoms with Crippen molar-refractivity contribution in [3.05, 3.63) is 46.6 Å². The van der Waals surface area contributed by atoms with E-state index in [9.17, 15) is 0 Å². The molecule has 0 radical (unpaired) electrons. The van der Waals surface area contributed by atoms with Crippen molar-refractivity contribution >= 4 is 12.2 Å². The predicted octanol–water partition coefficient (Wildman–Crippen LogP) is 3.48. The van der Waals surface area contributed by atoms with Crippen LogP contribution in [0.2, 0.25) is 0 Å². The Morgan fingerprint density at radius 2 is 2.06 bits per heavy atom. The van der Waals surface area contributed by atoms with Gasteiger partial charge in [0.05, 0.1) is 0 Å². The average Bonchev–Trinajstić information content (AvgIpc) is 2.73. The van der Waals surface area contributed by atoms with Crippen LogP contribution in [0.25, 0.3) is 0 Å². The number of hydrogen-bond donors (Lipinski definition) is 1. The van der Waals surface area contributed by atoms with Crippen molar-refractivity contribution in [1.82, 2.24) is 4.98 Å². The summed E-state index contributed by atoms with van der Waals surface area (Å²) in [5, 5.41) is 0. The molecule has 0 atom stereocenters. The first-order chi connectivity index (χ1) is 7.78. The fraction of sp³-hybridized carbons (Fsp3) is 0.250. The second-order valence-corrected chi connectivity index (χ2v) is 3.80. The molecule has 0 aliphatic rings. The molecule has 1 aromatic carbocycles. The standard InChI is InChI=1S/C12H13NO2S/c1-2-9-3-5-10(6-4-9)14-8-11-7-13-12(16)15-11/h3-7H,2,8H2,1H3,(H,13,16). The SMILES string of the molecule is CCc1ccc(OCc2c[nH]c(=S)o2)cc1. The van der Waals surface area contributed by atoms with Crippen LogP contribution in [-0.2, 0) is 13.0 Å². The Kier molecular flexibility index (Phi) is 3.41. The zero-order valence-corrected chi connectivity index (χ0v) is 9.84. The highest BCUT2D eigenvalue weighted by atomic mass is 32.1. The van der Waals surface area contributed by atoms with Gasteiger partial charge in [0.25, 0.3) is 4.84 Å². The molecule has 2 aromatic rings. The number of benzene rings is 1. The van der Waals surface area contributed by atoms with E-state index in [2.05, 4.69) is 24.0 Å². The maximum Gasteiger partial charge on any atom is 0.266 e. The molecule has 0 bridgehead atoms. The Morgan fingerprint density at radius 3 is 2.62 bits per heavy atom. The molecule has 0 fully saturated rings. The van der Waals surface area contributed by atoms with Gasteiger partial charge in [-0.1, -0.05) is 19.1 Å². The van der Waals surface area contributed by atoms with Crippen LogP contribution >= 0.6 is 12.2 Å². The quantitative estimate of drug-likeness (QED) is 0.824. The van der Waals surface area contributed by atoms with Crippen LogP contribution in [0.5, 0.6) is 5.75 Å². The van der Waals surface area contributed by atoms with E-state index in [0.717, 1.165) is 12.2 Å². The normalized spacial score (nSPS) is 10.3. The maximum atomic E-state index is 5.54. The fourth-order valence-corrected chi connectivity index (χ4v) is 1.53. The molecular weight excluding hydrogens is 222 g/mol. The molecule has 0 amide bonds. The van der Waals surface area contributed by atoms with E-state index >= 15 is 0 Å². The first-order valence-electron chi connectivity index (χ1n) is 5.17. The monoisotopic (exact) mass is 235 g/mol. The van der Waals surface area contributed by atoms with Gasteiger partial charge < -0.3 is 14.1 Å². The Balaban J connectivity index is 1.96. The molecule has 0 unspecified atom stereocenters. The van der Waals surface area contributed by atoms with Gasteiger partial charge in [-0.2, -0.15) is 0 Å². The van der Waals surface area contributed by atoms with Crippen LogP contribution in [0.1, 0.15) is 18.2 Å². The molecule has 2 rings (SSSR count). The molecule has 4 heteroatoms. The minimum Gasteiger partial charge on any atom is -0.486 e. The van der Waals surface area contributed by atoms with E-state index in [4.69, 9.17) is 21.4 Å². The van der Waals surface area contributed by atoms with Crippen LogP contribution in [0, 0.1) is 4.84 Å². The Hall–Kier alpha value is -1.55. The van der Waals surface area contributed by atoms with E-state index in [0.29, 0.717) is 17.2 Å². The van der Waals surface area contributed by atoms with Crippen LogP contribution in [0.3, 0.4) is 0 Å². The molecule has 1 aromatic heterocycles. The fourth-order valence-electron chi connectivity index (χ4n) is 1.36. The van der Waals surface area contributed by atoms with Gasteiger partial charge in [0.15, 0.2) is 5.76 Å². The number of hydrogen-bond acceptors (Lipinski definition) is 3. The highest BCUT2D eigenvalue weighted by Gasteiger charge is 1.99. The molecule has 0 saturated carbocycles. The van der Waals surface area contributed by atoms with Crippen molar-refractivity contribution in [1.29, 1.82) is 0 Å². The van der Waals surface area contributed by atoms with Crippen LogP contribution in [0.15, 0.2) is 34.9 Å². The van der Waals surface area contributed by atoms with Gasteiger partial charge in [0.1, 0.15) is 12.4 Å². The zero-order chi connectivity index (χ0) is 11.4. The number of aromatic amines is 1. The number of oxazole rings is 1. The van der Waals surface area contributed by atoms with Crippen molar-refractivity contribution in [2.45, 2.75) is 20.0 Å². The lowest BCUT2D eigenvalue weighted by atomic mass is 10.2. The Labute approximate surface area is 99.1 Å². The summed E-state index contributed by atoms with van der Waals surface area (Å²) in [5.74, 6) is 1.53. The molecule has 3 nitrogen and oxygen atoms in total. The summed E-state index contributed by atoms with van der Waals surface area (Å²) in [6.07, 6.45) is 2.75. The van der Waals surface area contributed by atoms with Crippen molar-refractivity contribution in [3.8, 4) is 5.75 Å². The molecule has 1 heterocycles. The van der Waals surface area contributed by atoms with Gasteiger partial charge in [0, 0.05) is 6.20 Å².